The Kier molecular flexibility index (Phi) is 5.42. The van der Waals surface area contributed by atoms with Gasteiger partial charge in [-0.25, -0.2) is 4.68 Å². The van der Waals surface area contributed by atoms with Crippen molar-refractivity contribution in [1.29, 1.82) is 0 Å². The Labute approximate surface area is 179 Å². The van der Waals surface area contributed by atoms with Crippen LogP contribution >= 0.6 is 23.2 Å². The van der Waals surface area contributed by atoms with Crippen molar-refractivity contribution in [3.05, 3.63) is 58.3 Å². The molecule has 0 saturated carbocycles. The van der Waals surface area contributed by atoms with Gasteiger partial charge in [0.2, 0.25) is 0 Å². The highest BCUT2D eigenvalue weighted by molar-refractivity contribution is 6.42. The summed E-state index contributed by atoms with van der Waals surface area (Å²) in [4.78, 5) is 15.3. The van der Waals surface area contributed by atoms with Gasteiger partial charge in [-0.1, -0.05) is 23.2 Å². The lowest BCUT2D eigenvalue weighted by Crippen LogP contribution is -2.48. The summed E-state index contributed by atoms with van der Waals surface area (Å²) in [6, 6.07) is 11.0. The van der Waals surface area contributed by atoms with E-state index in [1.54, 1.807) is 22.9 Å². The molecular weight excluding hydrogens is 411 g/mol. The van der Waals surface area contributed by atoms with E-state index in [0.29, 0.717) is 40.2 Å². The molecule has 1 aromatic carbocycles. The second-order valence-electron chi connectivity index (χ2n) is 7.40. The molecule has 2 atom stereocenters. The number of nitrogens with zero attached hydrogens (tertiary/aromatic N) is 4. The summed E-state index contributed by atoms with van der Waals surface area (Å²) in [7, 11) is 1.94. The van der Waals surface area contributed by atoms with E-state index in [2.05, 4.69) is 0 Å². The lowest BCUT2D eigenvalue weighted by atomic mass is 10.2. The number of morpholine rings is 1. The Bertz CT molecular complexity index is 1050. The van der Waals surface area contributed by atoms with Crippen LogP contribution in [0.1, 0.15) is 24.3 Å². The third-order valence-electron chi connectivity index (χ3n) is 4.99. The highest BCUT2D eigenvalue weighted by atomic mass is 35.5. The zero-order valence-corrected chi connectivity index (χ0v) is 18.0. The molecule has 8 heteroatoms. The zero-order valence-electron chi connectivity index (χ0n) is 16.5. The van der Waals surface area contributed by atoms with Gasteiger partial charge < -0.3 is 14.2 Å². The van der Waals surface area contributed by atoms with Crippen LogP contribution in [0, 0.1) is 0 Å². The number of aromatic nitrogens is 3. The number of aryl methyl sites for hydroxylation is 1. The summed E-state index contributed by atoms with van der Waals surface area (Å²) in [6.45, 7) is 5.02. The number of hydrogen-bond acceptors (Lipinski definition) is 3. The Morgan fingerprint density at radius 1 is 1.10 bits per heavy atom. The van der Waals surface area contributed by atoms with E-state index in [-0.39, 0.29) is 18.1 Å². The molecule has 6 nitrogen and oxygen atoms in total. The summed E-state index contributed by atoms with van der Waals surface area (Å²) in [5, 5.41) is 5.59. The molecule has 4 rings (SSSR count). The van der Waals surface area contributed by atoms with Gasteiger partial charge in [0.25, 0.3) is 5.91 Å². The third kappa shape index (κ3) is 3.92. The topological polar surface area (TPSA) is 52.3 Å². The largest absolute Gasteiger partial charge is 0.372 e. The fraction of sp³-hybridized carbons (Fsp3) is 0.333. The molecule has 152 valence electrons. The number of rotatable bonds is 3. The normalized spacial score (nSPS) is 19.6. The monoisotopic (exact) mass is 432 g/mol. The van der Waals surface area contributed by atoms with Crippen molar-refractivity contribution in [2.45, 2.75) is 26.1 Å². The van der Waals surface area contributed by atoms with Gasteiger partial charge in [0.05, 0.1) is 33.6 Å². The van der Waals surface area contributed by atoms with Crippen molar-refractivity contribution in [2.24, 2.45) is 7.05 Å². The average molecular weight is 433 g/mol. The summed E-state index contributed by atoms with van der Waals surface area (Å²) in [5.41, 5.74) is 2.78. The number of benzene rings is 1. The van der Waals surface area contributed by atoms with E-state index in [1.807, 2.05) is 54.8 Å². The fourth-order valence-corrected chi connectivity index (χ4v) is 4.00. The number of hydrogen-bond donors (Lipinski definition) is 0. The van der Waals surface area contributed by atoms with E-state index < -0.39 is 0 Å². The van der Waals surface area contributed by atoms with Crippen LogP contribution in [0.25, 0.3) is 17.1 Å². The molecule has 29 heavy (non-hydrogen) atoms. The molecule has 1 amide bonds. The van der Waals surface area contributed by atoms with E-state index >= 15 is 0 Å². The van der Waals surface area contributed by atoms with Crippen LogP contribution in [0.2, 0.25) is 10.0 Å². The predicted molar refractivity (Wildman–Crippen MR) is 114 cm³/mol. The maximum Gasteiger partial charge on any atom is 0.272 e. The third-order valence-corrected chi connectivity index (χ3v) is 5.73. The molecule has 0 bridgehead atoms. The minimum Gasteiger partial charge on any atom is -0.372 e. The van der Waals surface area contributed by atoms with Crippen molar-refractivity contribution in [3.8, 4) is 17.1 Å². The molecule has 1 saturated heterocycles. The molecule has 2 aromatic heterocycles. The molecular formula is C21H22Cl2N4O2. The first kappa shape index (κ1) is 20.0. The molecule has 1 aliphatic rings. The Morgan fingerprint density at radius 2 is 1.83 bits per heavy atom. The molecule has 2 unspecified atom stereocenters. The van der Waals surface area contributed by atoms with E-state index in [9.17, 15) is 4.79 Å². The van der Waals surface area contributed by atoms with Crippen LogP contribution in [0.15, 0.2) is 42.6 Å². The second kappa shape index (κ2) is 7.86. The molecule has 1 fully saturated rings. The van der Waals surface area contributed by atoms with Crippen LogP contribution in [0.5, 0.6) is 0 Å². The number of halogens is 2. The average Bonchev–Trinajstić information content (AvgIpc) is 3.28. The summed E-state index contributed by atoms with van der Waals surface area (Å²) < 4.78 is 9.38. The van der Waals surface area contributed by atoms with Gasteiger partial charge in [-0.3, -0.25) is 4.79 Å². The van der Waals surface area contributed by atoms with E-state index in [1.165, 1.54) is 0 Å². The molecule has 1 aliphatic heterocycles. The first-order chi connectivity index (χ1) is 13.8. The van der Waals surface area contributed by atoms with Crippen LogP contribution in [0.3, 0.4) is 0 Å². The summed E-state index contributed by atoms with van der Waals surface area (Å²) >= 11 is 12.3. The van der Waals surface area contributed by atoms with Gasteiger partial charge in [-0.05, 0) is 50.2 Å². The van der Waals surface area contributed by atoms with Crippen LogP contribution in [0.4, 0.5) is 0 Å². The first-order valence-corrected chi connectivity index (χ1v) is 10.2. The lowest BCUT2D eigenvalue weighted by Gasteiger charge is -2.35. The van der Waals surface area contributed by atoms with Crippen molar-refractivity contribution < 1.29 is 9.53 Å². The van der Waals surface area contributed by atoms with E-state index in [0.717, 1.165) is 5.69 Å². The Hall–Kier alpha value is -2.28. The summed E-state index contributed by atoms with van der Waals surface area (Å²) in [5.74, 6) is -0.0916. The predicted octanol–water partition coefficient (Wildman–Crippen LogP) is 4.43. The standard InChI is InChI=1S/C21H22Cl2N4O2/c1-13-11-26(12-14(2)29-13)21(28)20-10-18(19-5-4-8-25(19)3)24-27(20)15-6-7-16(22)17(23)9-15/h4-10,13-14H,11-12H2,1-3H3. The number of carbonyl (C=O) groups is 1. The minimum atomic E-state index is -0.0916. The van der Waals surface area contributed by atoms with Gasteiger partial charge in [-0.2, -0.15) is 5.10 Å². The Morgan fingerprint density at radius 3 is 2.45 bits per heavy atom. The van der Waals surface area contributed by atoms with Gasteiger partial charge >= 0.3 is 0 Å². The molecule has 0 radical (unpaired) electrons. The zero-order chi connectivity index (χ0) is 20.7. The Balaban J connectivity index is 1.80. The first-order valence-electron chi connectivity index (χ1n) is 9.45. The van der Waals surface area contributed by atoms with Gasteiger partial charge in [0.1, 0.15) is 11.4 Å². The smallest absolute Gasteiger partial charge is 0.272 e. The van der Waals surface area contributed by atoms with Crippen LogP contribution in [-0.2, 0) is 11.8 Å². The van der Waals surface area contributed by atoms with Crippen molar-refractivity contribution in [3.63, 3.8) is 0 Å². The number of carbonyl (C=O) groups excluding carboxylic acids is 1. The number of ether oxygens (including phenoxy) is 1. The number of amides is 1. The lowest BCUT2D eigenvalue weighted by molar-refractivity contribution is -0.0588. The molecule has 0 spiro atoms. The molecule has 3 heterocycles. The summed E-state index contributed by atoms with van der Waals surface area (Å²) in [6.07, 6.45) is 1.91. The molecule has 0 aliphatic carbocycles. The maximum absolute atomic E-state index is 13.4. The molecule has 0 N–H and O–H groups in total. The minimum absolute atomic E-state index is 0.0172. The SMILES string of the molecule is CC1CN(C(=O)c2cc(-c3cccn3C)nn2-c2ccc(Cl)c(Cl)c2)CC(C)O1. The van der Waals surface area contributed by atoms with Crippen LogP contribution in [-0.4, -0.2) is 50.5 Å². The van der Waals surface area contributed by atoms with Crippen molar-refractivity contribution in [2.75, 3.05) is 13.1 Å². The highest BCUT2D eigenvalue weighted by Gasteiger charge is 2.29. The second-order valence-corrected chi connectivity index (χ2v) is 8.21. The quantitative estimate of drug-likeness (QED) is 0.614. The van der Waals surface area contributed by atoms with Gasteiger partial charge in [0.15, 0.2) is 0 Å². The van der Waals surface area contributed by atoms with Gasteiger partial charge in [0, 0.05) is 26.3 Å². The van der Waals surface area contributed by atoms with Gasteiger partial charge in [-0.15, -0.1) is 0 Å². The fourth-order valence-electron chi connectivity index (χ4n) is 3.71. The van der Waals surface area contributed by atoms with Crippen LogP contribution < -0.4 is 0 Å². The van der Waals surface area contributed by atoms with Crippen molar-refractivity contribution in [1.82, 2.24) is 19.2 Å². The van der Waals surface area contributed by atoms with Crippen molar-refractivity contribution >= 4 is 29.1 Å². The maximum atomic E-state index is 13.4. The molecule has 3 aromatic rings. The highest BCUT2D eigenvalue weighted by Crippen LogP contribution is 2.28. The van der Waals surface area contributed by atoms with E-state index in [4.69, 9.17) is 33.0 Å².